The van der Waals surface area contributed by atoms with E-state index in [1.165, 1.54) is 11.8 Å². The number of thioether (sulfide) groups is 1. The monoisotopic (exact) mass is 289 g/mol. The smallest absolute Gasteiger partial charge is 0.261 e. The fourth-order valence-electron chi connectivity index (χ4n) is 1.75. The van der Waals surface area contributed by atoms with Crippen molar-refractivity contribution in [3.63, 3.8) is 0 Å². The summed E-state index contributed by atoms with van der Waals surface area (Å²) >= 11 is 1.49. The Balaban J connectivity index is 1.76. The minimum Gasteiger partial charge on any atom is -0.298 e. The topological polar surface area (TPSA) is 91.4 Å². The van der Waals surface area contributed by atoms with Crippen molar-refractivity contribution in [1.82, 2.24) is 34.7 Å². The lowest BCUT2D eigenvalue weighted by molar-refractivity contribution is 0.662. The van der Waals surface area contributed by atoms with Crippen molar-refractivity contribution in [2.75, 3.05) is 5.75 Å². The number of aromatic nitrogens is 7. The molecule has 8 nitrogen and oxygen atoms in total. The second-order valence-corrected chi connectivity index (χ2v) is 5.13. The molecule has 9 heteroatoms. The maximum atomic E-state index is 12.2. The normalized spacial score (nSPS) is 11.1. The molecule has 0 bridgehead atoms. The summed E-state index contributed by atoms with van der Waals surface area (Å²) < 4.78 is 3.18. The van der Waals surface area contributed by atoms with Gasteiger partial charge < -0.3 is 0 Å². The first kappa shape index (κ1) is 12.7. The van der Waals surface area contributed by atoms with Gasteiger partial charge in [-0.25, -0.2) is 9.67 Å². The Labute approximate surface area is 117 Å². The van der Waals surface area contributed by atoms with Crippen molar-refractivity contribution in [3.8, 4) is 0 Å². The van der Waals surface area contributed by atoms with Crippen molar-refractivity contribution < 1.29 is 0 Å². The number of hydrogen-bond donors (Lipinski definition) is 0. The quantitative estimate of drug-likeness (QED) is 0.629. The number of pyridine rings is 1. The molecule has 0 saturated carbocycles. The Morgan fingerprint density at radius 3 is 3.10 bits per heavy atom. The van der Waals surface area contributed by atoms with E-state index in [0.717, 1.165) is 5.16 Å². The van der Waals surface area contributed by atoms with Crippen molar-refractivity contribution in [1.29, 1.82) is 0 Å². The Hall–Kier alpha value is -2.29. The Morgan fingerprint density at radius 2 is 2.30 bits per heavy atom. The first-order valence-corrected chi connectivity index (χ1v) is 6.88. The van der Waals surface area contributed by atoms with E-state index >= 15 is 0 Å². The molecule has 0 atom stereocenters. The van der Waals surface area contributed by atoms with E-state index < -0.39 is 0 Å². The number of tetrazole rings is 1. The second-order valence-electron chi connectivity index (χ2n) is 4.07. The van der Waals surface area contributed by atoms with Crippen LogP contribution in [0.5, 0.6) is 0 Å². The summed E-state index contributed by atoms with van der Waals surface area (Å²) in [7, 11) is 1.78. The number of fused-ring (bicyclic) bond motifs is 1. The lowest BCUT2D eigenvalue weighted by Gasteiger charge is -2.05. The molecule has 0 spiro atoms. The highest BCUT2D eigenvalue weighted by atomic mass is 32.2. The van der Waals surface area contributed by atoms with Gasteiger partial charge in [0.15, 0.2) is 0 Å². The Morgan fingerprint density at radius 1 is 1.40 bits per heavy atom. The van der Waals surface area contributed by atoms with Crippen LogP contribution in [0.4, 0.5) is 0 Å². The van der Waals surface area contributed by atoms with Crippen molar-refractivity contribution in [3.05, 3.63) is 35.1 Å². The maximum absolute atomic E-state index is 12.2. The van der Waals surface area contributed by atoms with Gasteiger partial charge in [0, 0.05) is 25.5 Å². The van der Waals surface area contributed by atoms with E-state index in [4.69, 9.17) is 0 Å². The highest BCUT2D eigenvalue weighted by Gasteiger charge is 2.06. The third-order valence-electron chi connectivity index (χ3n) is 2.77. The largest absolute Gasteiger partial charge is 0.298 e. The molecule has 3 heterocycles. The molecule has 0 fully saturated rings. The zero-order chi connectivity index (χ0) is 13.9. The van der Waals surface area contributed by atoms with Crippen LogP contribution in [0.3, 0.4) is 0 Å². The van der Waals surface area contributed by atoms with Crippen LogP contribution in [0.25, 0.3) is 10.9 Å². The second kappa shape index (κ2) is 5.37. The van der Waals surface area contributed by atoms with Gasteiger partial charge in [0.1, 0.15) is 0 Å². The van der Waals surface area contributed by atoms with Gasteiger partial charge in [-0.1, -0.05) is 11.8 Å². The predicted molar refractivity (Wildman–Crippen MR) is 73.3 cm³/mol. The minimum atomic E-state index is -0.0610. The number of aryl methyl sites for hydroxylation is 2. The van der Waals surface area contributed by atoms with Gasteiger partial charge in [0.25, 0.3) is 5.56 Å². The molecule has 0 aromatic carbocycles. The van der Waals surface area contributed by atoms with Crippen LogP contribution < -0.4 is 5.56 Å². The van der Waals surface area contributed by atoms with Gasteiger partial charge in [-0.3, -0.25) is 14.3 Å². The van der Waals surface area contributed by atoms with Crippen molar-refractivity contribution in [2.24, 2.45) is 7.05 Å². The van der Waals surface area contributed by atoms with Gasteiger partial charge in [-0.15, -0.1) is 5.10 Å². The molecule has 20 heavy (non-hydrogen) atoms. The summed E-state index contributed by atoms with van der Waals surface area (Å²) in [6.45, 7) is 0.543. The van der Waals surface area contributed by atoms with Crippen LogP contribution in [-0.4, -0.2) is 40.5 Å². The molecule has 0 aliphatic heterocycles. The molecule has 0 amide bonds. The van der Waals surface area contributed by atoms with Crippen LogP contribution in [0.1, 0.15) is 0 Å². The van der Waals surface area contributed by atoms with E-state index in [2.05, 4.69) is 25.5 Å². The van der Waals surface area contributed by atoms with E-state index in [1.807, 2.05) is 0 Å². The summed E-state index contributed by atoms with van der Waals surface area (Å²) in [4.78, 5) is 20.4. The van der Waals surface area contributed by atoms with Gasteiger partial charge in [-0.05, 0) is 16.5 Å². The molecular formula is C11H11N7OS. The summed E-state index contributed by atoms with van der Waals surface area (Å²) in [6.07, 6.45) is 4.72. The van der Waals surface area contributed by atoms with Crippen molar-refractivity contribution >= 4 is 22.7 Å². The van der Waals surface area contributed by atoms with E-state index in [1.54, 1.807) is 41.1 Å². The van der Waals surface area contributed by atoms with Gasteiger partial charge in [-0.2, -0.15) is 0 Å². The zero-order valence-corrected chi connectivity index (χ0v) is 11.5. The predicted octanol–water partition coefficient (Wildman–Crippen LogP) is 0.107. The highest BCUT2D eigenvalue weighted by Crippen LogP contribution is 2.12. The fraction of sp³-hybridized carbons (Fsp3) is 0.273. The SMILES string of the molecule is Cn1nnnc1SCCn1cnc2cnccc2c1=O. The lowest BCUT2D eigenvalue weighted by atomic mass is 10.3. The minimum absolute atomic E-state index is 0.0610. The molecule has 102 valence electrons. The molecule has 0 aliphatic rings. The Bertz CT molecular complexity index is 797. The molecule has 0 saturated heterocycles. The van der Waals surface area contributed by atoms with Crippen LogP contribution >= 0.6 is 11.8 Å². The molecule has 0 unspecified atom stereocenters. The number of rotatable bonds is 4. The first-order valence-electron chi connectivity index (χ1n) is 5.90. The van der Waals surface area contributed by atoms with Gasteiger partial charge >= 0.3 is 0 Å². The van der Waals surface area contributed by atoms with Crippen LogP contribution in [-0.2, 0) is 13.6 Å². The van der Waals surface area contributed by atoms with Crippen LogP contribution in [0.2, 0.25) is 0 Å². The average molecular weight is 289 g/mol. The summed E-state index contributed by atoms with van der Waals surface area (Å²) in [5.41, 5.74) is 0.549. The first-order chi connectivity index (χ1) is 9.75. The highest BCUT2D eigenvalue weighted by molar-refractivity contribution is 7.99. The van der Waals surface area contributed by atoms with Crippen LogP contribution in [0, 0.1) is 0 Å². The maximum Gasteiger partial charge on any atom is 0.261 e. The number of hydrogen-bond acceptors (Lipinski definition) is 7. The molecule has 3 aromatic rings. The third kappa shape index (κ3) is 2.39. The molecular weight excluding hydrogens is 278 g/mol. The zero-order valence-electron chi connectivity index (χ0n) is 10.7. The van der Waals surface area contributed by atoms with E-state index in [-0.39, 0.29) is 5.56 Å². The molecule has 3 aromatic heterocycles. The summed E-state index contributed by atoms with van der Waals surface area (Å²) in [5.74, 6) is 0.687. The van der Waals surface area contributed by atoms with Crippen molar-refractivity contribution in [2.45, 2.75) is 11.7 Å². The molecule has 0 radical (unpaired) electrons. The lowest BCUT2D eigenvalue weighted by Crippen LogP contribution is -2.21. The molecule has 0 N–H and O–H groups in total. The van der Waals surface area contributed by atoms with Gasteiger partial charge in [0.05, 0.1) is 23.4 Å². The number of nitrogens with zero attached hydrogens (tertiary/aromatic N) is 7. The Kier molecular flexibility index (Phi) is 3.42. The molecule has 3 rings (SSSR count). The van der Waals surface area contributed by atoms with E-state index in [9.17, 15) is 4.79 Å². The van der Waals surface area contributed by atoms with Gasteiger partial charge in [0.2, 0.25) is 5.16 Å². The summed E-state index contributed by atoms with van der Waals surface area (Å²) in [5, 5.41) is 12.5. The third-order valence-corrected chi connectivity index (χ3v) is 3.76. The van der Waals surface area contributed by atoms with Crippen LogP contribution in [0.15, 0.2) is 34.7 Å². The van der Waals surface area contributed by atoms with E-state index in [0.29, 0.717) is 23.2 Å². The standard InChI is InChI=1S/C11H11N7OS/c1-17-11(14-15-16-17)20-5-4-18-7-13-9-6-12-3-2-8(9)10(18)19/h2-3,6-7H,4-5H2,1H3. The average Bonchev–Trinajstić information content (AvgIpc) is 2.87. The fourth-order valence-corrected chi connectivity index (χ4v) is 2.54. The molecule has 0 aliphatic carbocycles. The summed E-state index contributed by atoms with van der Waals surface area (Å²) in [6, 6.07) is 1.68.